The molecule has 0 aliphatic carbocycles. The normalized spacial score (nSPS) is 11.4. The third kappa shape index (κ3) is 3.32. The largest absolute Gasteiger partial charge is 0.384 e. The highest BCUT2D eigenvalue weighted by Gasteiger charge is 2.17. The van der Waals surface area contributed by atoms with Gasteiger partial charge in [0.2, 0.25) is 0 Å². The van der Waals surface area contributed by atoms with Gasteiger partial charge in [0.15, 0.2) is 5.82 Å². The van der Waals surface area contributed by atoms with Gasteiger partial charge < -0.3 is 15.0 Å². The van der Waals surface area contributed by atoms with Gasteiger partial charge in [-0.3, -0.25) is 0 Å². The van der Waals surface area contributed by atoms with Crippen molar-refractivity contribution in [1.29, 1.82) is 0 Å². The average molecular weight is 308 g/mol. The van der Waals surface area contributed by atoms with Gasteiger partial charge in [-0.25, -0.2) is 9.97 Å². The number of nitrogens with two attached hydrogens (primary N) is 1. The number of nitrogen functional groups attached to an aromatic ring is 1. The predicted molar refractivity (Wildman–Crippen MR) is 90.0 cm³/mol. The van der Waals surface area contributed by atoms with E-state index in [0.29, 0.717) is 12.4 Å². The molecule has 6 heteroatoms. The van der Waals surface area contributed by atoms with Crippen molar-refractivity contribution >= 4 is 28.6 Å². The topological polar surface area (TPSA) is 66.0 Å². The molecule has 2 aromatic rings. The molecule has 0 saturated carbocycles. The summed E-state index contributed by atoms with van der Waals surface area (Å²) in [5.74, 6) is 2.70. The Labute approximate surface area is 130 Å². The number of hydrogen-bond acceptors (Lipinski definition) is 5. The number of pyridine rings is 1. The number of rotatable bonds is 7. The van der Waals surface area contributed by atoms with E-state index in [1.165, 1.54) is 5.56 Å². The van der Waals surface area contributed by atoms with E-state index >= 15 is 0 Å². The minimum atomic E-state index is 0.524. The molecule has 2 aromatic heterocycles. The second-order valence-electron chi connectivity index (χ2n) is 5.17. The van der Waals surface area contributed by atoms with Crippen LogP contribution in [0.2, 0.25) is 0 Å². The lowest BCUT2D eigenvalue weighted by atomic mass is 10.2. The minimum Gasteiger partial charge on any atom is -0.384 e. The minimum absolute atomic E-state index is 0.524. The molecule has 5 nitrogen and oxygen atoms in total. The molecular formula is C15H24N4OS. The highest BCUT2D eigenvalue weighted by molar-refractivity contribution is 7.98. The van der Waals surface area contributed by atoms with Crippen LogP contribution in [-0.2, 0) is 17.7 Å². The molecule has 0 fully saturated rings. The summed E-state index contributed by atoms with van der Waals surface area (Å²) in [5, 5.41) is 0. The number of methoxy groups -OCH3 is 1. The van der Waals surface area contributed by atoms with Crippen molar-refractivity contribution in [2.75, 3.05) is 31.5 Å². The Kier molecular flexibility index (Phi) is 5.47. The summed E-state index contributed by atoms with van der Waals surface area (Å²) in [6.45, 7) is 5.72. The first-order valence-electron chi connectivity index (χ1n) is 7.19. The van der Waals surface area contributed by atoms with E-state index in [1.54, 1.807) is 7.11 Å². The van der Waals surface area contributed by atoms with Crippen molar-refractivity contribution < 1.29 is 4.74 Å². The van der Waals surface area contributed by atoms with Gasteiger partial charge in [0.05, 0.1) is 12.1 Å². The zero-order valence-corrected chi connectivity index (χ0v) is 14.1. The lowest BCUT2D eigenvalue weighted by Crippen LogP contribution is -2.08. The molecule has 0 radical (unpaired) electrons. The number of aryl methyl sites for hydroxylation is 3. The molecule has 0 saturated heterocycles. The Balaban J connectivity index is 2.52. The van der Waals surface area contributed by atoms with Crippen LogP contribution < -0.4 is 5.73 Å². The van der Waals surface area contributed by atoms with E-state index in [2.05, 4.69) is 22.7 Å². The molecule has 2 heterocycles. The van der Waals surface area contributed by atoms with Gasteiger partial charge in [0.1, 0.15) is 11.3 Å². The molecular weight excluding hydrogens is 284 g/mol. The summed E-state index contributed by atoms with van der Waals surface area (Å²) in [4.78, 5) is 9.12. The maximum Gasteiger partial charge on any atom is 0.151 e. The van der Waals surface area contributed by atoms with Gasteiger partial charge in [0, 0.05) is 25.8 Å². The fraction of sp³-hybridized carbons (Fsp3) is 0.600. The first-order valence-corrected chi connectivity index (χ1v) is 8.59. The van der Waals surface area contributed by atoms with Crippen molar-refractivity contribution in [2.24, 2.45) is 0 Å². The number of nitrogens with zero attached hydrogens (tertiary/aromatic N) is 3. The Morgan fingerprint density at radius 3 is 2.71 bits per heavy atom. The Hall–Kier alpha value is -1.27. The third-order valence-electron chi connectivity index (χ3n) is 3.74. The van der Waals surface area contributed by atoms with E-state index in [-0.39, 0.29) is 0 Å². The molecule has 0 bridgehead atoms. The van der Waals surface area contributed by atoms with E-state index in [0.717, 1.165) is 47.7 Å². The van der Waals surface area contributed by atoms with Gasteiger partial charge in [-0.2, -0.15) is 11.8 Å². The number of thioether (sulfide) groups is 1. The quantitative estimate of drug-likeness (QED) is 0.796. The van der Waals surface area contributed by atoms with Crippen molar-refractivity contribution in [3.8, 4) is 0 Å². The van der Waals surface area contributed by atoms with Gasteiger partial charge in [-0.05, 0) is 37.8 Å². The van der Waals surface area contributed by atoms with Crippen LogP contribution in [0.1, 0.15) is 23.5 Å². The third-order valence-corrected chi connectivity index (χ3v) is 4.43. The molecule has 0 aromatic carbocycles. The SMILES string of the molecule is COCCc1nc2c(N)nc(C)c(C)c2n1CCCSC. The molecule has 116 valence electrons. The van der Waals surface area contributed by atoms with Crippen molar-refractivity contribution in [2.45, 2.75) is 33.2 Å². The standard InChI is InChI=1S/C15H24N4OS/c1-10-11(2)17-15(16)13-14(10)19(7-5-9-21-4)12(18-13)6-8-20-3/h5-9H2,1-4H3,(H2,16,17). The van der Waals surface area contributed by atoms with E-state index in [4.69, 9.17) is 15.5 Å². The van der Waals surface area contributed by atoms with E-state index < -0.39 is 0 Å². The van der Waals surface area contributed by atoms with Gasteiger partial charge >= 0.3 is 0 Å². The smallest absolute Gasteiger partial charge is 0.151 e. The van der Waals surface area contributed by atoms with Gasteiger partial charge in [-0.1, -0.05) is 0 Å². The van der Waals surface area contributed by atoms with Crippen LogP contribution >= 0.6 is 11.8 Å². The molecule has 0 spiro atoms. The maximum atomic E-state index is 6.07. The molecule has 0 unspecified atom stereocenters. The van der Waals surface area contributed by atoms with Gasteiger partial charge in [0.25, 0.3) is 0 Å². The zero-order valence-electron chi connectivity index (χ0n) is 13.3. The van der Waals surface area contributed by atoms with Crippen LogP contribution in [0.4, 0.5) is 5.82 Å². The summed E-state index contributed by atoms with van der Waals surface area (Å²) in [5.41, 5.74) is 10.2. The fourth-order valence-corrected chi connectivity index (χ4v) is 2.96. The van der Waals surface area contributed by atoms with Crippen LogP contribution in [0.3, 0.4) is 0 Å². The van der Waals surface area contributed by atoms with E-state index in [9.17, 15) is 0 Å². The molecule has 0 amide bonds. The van der Waals surface area contributed by atoms with Crippen LogP contribution in [-0.4, -0.2) is 40.3 Å². The van der Waals surface area contributed by atoms with Crippen molar-refractivity contribution in [3.63, 3.8) is 0 Å². The first kappa shape index (κ1) is 16.1. The van der Waals surface area contributed by atoms with Crippen LogP contribution in [0.5, 0.6) is 0 Å². The lowest BCUT2D eigenvalue weighted by Gasteiger charge is -2.11. The molecule has 0 aliphatic heterocycles. The summed E-state index contributed by atoms with van der Waals surface area (Å²) in [6, 6.07) is 0. The molecule has 0 atom stereocenters. The zero-order chi connectivity index (χ0) is 15.4. The number of hydrogen-bond donors (Lipinski definition) is 1. The molecule has 21 heavy (non-hydrogen) atoms. The lowest BCUT2D eigenvalue weighted by molar-refractivity contribution is 0.199. The summed E-state index contributed by atoms with van der Waals surface area (Å²) in [7, 11) is 1.71. The van der Waals surface area contributed by atoms with Crippen LogP contribution in [0.25, 0.3) is 11.0 Å². The monoisotopic (exact) mass is 308 g/mol. The van der Waals surface area contributed by atoms with Gasteiger partial charge in [-0.15, -0.1) is 0 Å². The summed E-state index contributed by atoms with van der Waals surface area (Å²) < 4.78 is 7.50. The number of ether oxygens (including phenoxy) is 1. The second-order valence-corrected chi connectivity index (χ2v) is 6.16. The summed E-state index contributed by atoms with van der Waals surface area (Å²) >= 11 is 1.87. The number of fused-ring (bicyclic) bond motifs is 1. The highest BCUT2D eigenvalue weighted by atomic mass is 32.2. The average Bonchev–Trinajstić information content (AvgIpc) is 2.82. The number of anilines is 1. The maximum absolute atomic E-state index is 6.07. The fourth-order valence-electron chi connectivity index (χ4n) is 2.54. The molecule has 2 rings (SSSR count). The van der Waals surface area contributed by atoms with E-state index in [1.807, 2.05) is 18.7 Å². The number of imidazole rings is 1. The van der Waals surface area contributed by atoms with Crippen LogP contribution in [0, 0.1) is 13.8 Å². The molecule has 2 N–H and O–H groups in total. The second kappa shape index (κ2) is 7.13. The highest BCUT2D eigenvalue weighted by Crippen LogP contribution is 2.26. The Morgan fingerprint density at radius 1 is 1.29 bits per heavy atom. The first-order chi connectivity index (χ1) is 10.1. The van der Waals surface area contributed by atoms with Crippen LogP contribution in [0.15, 0.2) is 0 Å². The predicted octanol–water partition coefficient (Wildman–Crippen LogP) is 2.57. The Morgan fingerprint density at radius 2 is 2.05 bits per heavy atom. The number of aromatic nitrogens is 3. The summed E-state index contributed by atoms with van der Waals surface area (Å²) in [6.07, 6.45) is 4.05. The van der Waals surface area contributed by atoms with Crippen molar-refractivity contribution in [1.82, 2.24) is 14.5 Å². The Bertz CT molecular complexity index is 624. The van der Waals surface area contributed by atoms with Crippen molar-refractivity contribution in [3.05, 3.63) is 17.1 Å². The molecule has 0 aliphatic rings.